The normalized spacial score (nSPS) is 17.5. The molecule has 0 aromatic rings. The summed E-state index contributed by atoms with van der Waals surface area (Å²) in [6, 6.07) is 0. The third-order valence-corrected chi connectivity index (χ3v) is 7.78. The highest BCUT2D eigenvalue weighted by molar-refractivity contribution is 8.03. The van der Waals surface area contributed by atoms with Gasteiger partial charge >= 0.3 is 11.9 Å². The molecular weight excluding hydrogens is 448 g/mol. The summed E-state index contributed by atoms with van der Waals surface area (Å²) in [6.07, 6.45) is 6.48. The maximum atomic E-state index is 11.8. The summed E-state index contributed by atoms with van der Waals surface area (Å²) < 4.78 is 9.54. The maximum Gasteiger partial charge on any atom is 0.309 e. The number of hydrogen-bond acceptors (Lipinski definition) is 9. The van der Waals surface area contributed by atoms with Crippen LogP contribution in [-0.4, -0.2) is 78.2 Å². The van der Waals surface area contributed by atoms with Crippen molar-refractivity contribution in [3.63, 3.8) is 0 Å². The first-order valence-corrected chi connectivity index (χ1v) is 13.7. The van der Waals surface area contributed by atoms with Crippen LogP contribution >= 0.6 is 35.3 Å². The Morgan fingerprint density at radius 3 is 1.80 bits per heavy atom. The number of carbonyl (C=O) groups excluding carboxylic acids is 4. The first kappa shape index (κ1) is 27.0. The van der Waals surface area contributed by atoms with E-state index in [2.05, 4.69) is 16.9 Å². The molecule has 1 fully saturated rings. The molecule has 0 heterocycles. The summed E-state index contributed by atoms with van der Waals surface area (Å²) in [6.45, 7) is 0.624. The van der Waals surface area contributed by atoms with Gasteiger partial charge in [-0.3, -0.25) is 19.2 Å². The minimum atomic E-state index is -0.617. The van der Waals surface area contributed by atoms with Crippen molar-refractivity contribution in [1.82, 2.24) is 10.6 Å². The Kier molecular flexibility index (Phi) is 14.9. The predicted octanol–water partition coefficient (Wildman–Crippen LogP) is 1.81. The zero-order chi connectivity index (χ0) is 22.2. The van der Waals surface area contributed by atoms with Crippen LogP contribution in [0, 0.1) is 0 Å². The molecule has 172 valence electrons. The molecule has 8 nitrogen and oxygen atoms in total. The van der Waals surface area contributed by atoms with Gasteiger partial charge in [-0.1, -0.05) is 0 Å². The van der Waals surface area contributed by atoms with Crippen LogP contribution in [-0.2, 0) is 28.7 Å². The van der Waals surface area contributed by atoms with Gasteiger partial charge in [0.25, 0.3) is 0 Å². The van der Waals surface area contributed by atoms with Crippen LogP contribution in [0.15, 0.2) is 0 Å². The summed E-state index contributed by atoms with van der Waals surface area (Å²) in [4.78, 5) is 46.4. The van der Waals surface area contributed by atoms with E-state index in [1.54, 1.807) is 11.8 Å². The monoisotopic (exact) mass is 480 g/mol. The Labute approximate surface area is 191 Å². The topological polar surface area (TPSA) is 111 Å². The van der Waals surface area contributed by atoms with E-state index in [-0.39, 0.29) is 37.5 Å². The molecule has 1 aliphatic carbocycles. The fourth-order valence-corrected chi connectivity index (χ4v) is 5.37. The predicted molar refractivity (Wildman–Crippen MR) is 123 cm³/mol. The Morgan fingerprint density at radius 2 is 1.33 bits per heavy atom. The van der Waals surface area contributed by atoms with E-state index in [4.69, 9.17) is 9.47 Å². The zero-order valence-corrected chi connectivity index (χ0v) is 20.1. The van der Waals surface area contributed by atoms with E-state index < -0.39 is 18.7 Å². The van der Waals surface area contributed by atoms with E-state index in [9.17, 15) is 19.2 Å². The smallest absolute Gasteiger partial charge is 0.309 e. The lowest BCUT2D eigenvalue weighted by atomic mass is 9.99. The molecule has 0 saturated heterocycles. The number of amides is 2. The number of carbonyl (C=O) groups is 4. The first-order valence-electron chi connectivity index (χ1n) is 9.94. The van der Waals surface area contributed by atoms with Crippen molar-refractivity contribution in [1.29, 1.82) is 0 Å². The van der Waals surface area contributed by atoms with Crippen LogP contribution in [0.5, 0.6) is 0 Å². The molecule has 0 aromatic heterocycles. The van der Waals surface area contributed by atoms with Crippen molar-refractivity contribution in [2.45, 2.75) is 49.0 Å². The van der Waals surface area contributed by atoms with E-state index in [0.717, 1.165) is 16.8 Å². The number of hydrogen-bond donors (Lipinski definition) is 2. The van der Waals surface area contributed by atoms with Crippen molar-refractivity contribution < 1.29 is 28.7 Å². The van der Waals surface area contributed by atoms with Gasteiger partial charge in [0.1, 0.15) is 0 Å². The lowest BCUT2D eigenvalue weighted by Crippen LogP contribution is -2.33. The van der Waals surface area contributed by atoms with E-state index >= 15 is 0 Å². The highest BCUT2D eigenvalue weighted by atomic mass is 32.2. The Hall–Kier alpha value is -1.07. The van der Waals surface area contributed by atoms with Gasteiger partial charge in [0.05, 0.1) is 12.8 Å². The van der Waals surface area contributed by atoms with Gasteiger partial charge in [-0.25, -0.2) is 0 Å². The van der Waals surface area contributed by atoms with Crippen molar-refractivity contribution in [3.8, 4) is 0 Å². The second kappa shape index (κ2) is 16.6. The van der Waals surface area contributed by atoms with Crippen molar-refractivity contribution in [2.24, 2.45) is 0 Å². The maximum absolute atomic E-state index is 11.8. The molecule has 0 spiro atoms. The minimum Gasteiger partial charge on any atom is -0.428 e. The van der Waals surface area contributed by atoms with Crippen LogP contribution in [0.2, 0.25) is 0 Å². The second-order valence-electron chi connectivity index (χ2n) is 6.60. The molecule has 2 amide bonds. The molecule has 1 saturated carbocycles. The summed E-state index contributed by atoms with van der Waals surface area (Å²) >= 11 is 5.40. The fourth-order valence-electron chi connectivity index (χ4n) is 2.51. The van der Waals surface area contributed by atoms with Gasteiger partial charge in [-0.15, -0.1) is 0 Å². The van der Waals surface area contributed by atoms with Crippen LogP contribution in [0.3, 0.4) is 0 Å². The molecule has 0 radical (unpaired) electrons. The lowest BCUT2D eigenvalue weighted by molar-refractivity contribution is -0.168. The number of ether oxygens (including phenoxy) is 2. The molecule has 2 unspecified atom stereocenters. The molecule has 11 heteroatoms. The highest BCUT2D eigenvalue weighted by Gasteiger charge is 2.29. The average Bonchev–Trinajstić information content (AvgIpc) is 2.70. The number of esters is 2. The largest absolute Gasteiger partial charge is 0.428 e. The van der Waals surface area contributed by atoms with Gasteiger partial charge in [0, 0.05) is 47.9 Å². The van der Waals surface area contributed by atoms with E-state index in [0.29, 0.717) is 18.3 Å². The summed E-state index contributed by atoms with van der Waals surface area (Å²) in [5.41, 5.74) is 0. The molecule has 1 rings (SSSR count). The first-order chi connectivity index (χ1) is 14.5. The summed E-state index contributed by atoms with van der Waals surface area (Å²) in [5, 5.41) is 6.89. The Bertz CT molecular complexity index is 562. The fraction of sp³-hybridized carbons (Fsp3) is 0.789. The number of thioether (sulfide) groups is 3. The molecule has 2 N–H and O–H groups in total. The van der Waals surface area contributed by atoms with Gasteiger partial charge in [-0.05, 0) is 25.4 Å². The van der Waals surface area contributed by atoms with Crippen LogP contribution in [0.1, 0.15) is 38.5 Å². The Balaban J connectivity index is 1.97. The van der Waals surface area contributed by atoms with Crippen molar-refractivity contribution >= 4 is 59.0 Å². The van der Waals surface area contributed by atoms with Gasteiger partial charge in [0.2, 0.25) is 18.6 Å². The minimum absolute atomic E-state index is 0.0261. The molecule has 2 atom stereocenters. The van der Waals surface area contributed by atoms with Crippen LogP contribution < -0.4 is 10.6 Å². The molecule has 0 aliphatic heterocycles. The molecule has 0 aromatic carbocycles. The van der Waals surface area contributed by atoms with Crippen molar-refractivity contribution in [3.05, 3.63) is 0 Å². The van der Waals surface area contributed by atoms with Crippen molar-refractivity contribution in [2.75, 3.05) is 43.9 Å². The molecule has 0 bridgehead atoms. The number of nitrogens with one attached hydrogen (secondary N) is 2. The SMILES string of the molecule is CSCCNC(=O)CCC(=O)OCOC(=O)CCC(=O)NCCSC1CCC1SC. The summed E-state index contributed by atoms with van der Waals surface area (Å²) in [5.74, 6) is 0.0185. The zero-order valence-electron chi connectivity index (χ0n) is 17.6. The van der Waals surface area contributed by atoms with E-state index in [1.807, 2.05) is 29.8 Å². The molecular formula is C19H32N2O6S3. The van der Waals surface area contributed by atoms with Gasteiger partial charge < -0.3 is 20.1 Å². The quantitative estimate of drug-likeness (QED) is 0.194. The molecule has 1 aliphatic rings. The third-order valence-electron chi connectivity index (χ3n) is 4.39. The second-order valence-corrected chi connectivity index (χ2v) is 10.0. The average molecular weight is 481 g/mol. The van der Waals surface area contributed by atoms with Gasteiger partial charge in [-0.2, -0.15) is 35.3 Å². The van der Waals surface area contributed by atoms with Crippen LogP contribution in [0.25, 0.3) is 0 Å². The third kappa shape index (κ3) is 12.6. The van der Waals surface area contributed by atoms with Crippen LogP contribution in [0.4, 0.5) is 0 Å². The standard InChI is InChI=1S/C19H32N2O6S3/c1-28-11-9-20-16(22)5-7-18(24)26-13-27-19(25)8-6-17(23)21-10-12-30-15-4-3-14(15)29-2/h14-15H,3-13H2,1-2H3,(H,20,22)(H,21,23). The summed E-state index contributed by atoms with van der Waals surface area (Å²) in [7, 11) is 0. The Morgan fingerprint density at radius 1 is 0.800 bits per heavy atom. The van der Waals surface area contributed by atoms with Gasteiger partial charge in [0.15, 0.2) is 0 Å². The van der Waals surface area contributed by atoms with E-state index in [1.165, 1.54) is 12.8 Å². The highest BCUT2D eigenvalue weighted by Crippen LogP contribution is 2.38. The molecule has 30 heavy (non-hydrogen) atoms. The lowest BCUT2D eigenvalue weighted by Gasteiger charge is -2.34. The number of rotatable bonds is 16.